The predicted octanol–water partition coefficient (Wildman–Crippen LogP) is 0.804. The van der Waals surface area contributed by atoms with Gasteiger partial charge < -0.3 is 36.5 Å². The van der Waals surface area contributed by atoms with E-state index in [2.05, 4.69) is 30.6 Å². The smallest absolute Gasteiger partial charge is 0.407 e. The van der Waals surface area contributed by atoms with Gasteiger partial charge in [-0.25, -0.2) is 24.5 Å². The van der Waals surface area contributed by atoms with Crippen molar-refractivity contribution in [3.63, 3.8) is 0 Å². The standard InChI is InChI=1S/C20H31N9O4/c21-19(22)23-8-4-5-14(18(30)31)28-20(32)33-10-3-1-2-9-29-12-26-15-16(27-13-6-7-13)24-11-25-17(15)29/h11-14H,1-10H2,(H,28,32)(H,30,31)(H4,21,22,23)(H,24,25,27)/t14-/m0/s1. The minimum absolute atomic E-state index is 0.0564. The van der Waals surface area contributed by atoms with Crippen molar-refractivity contribution < 1.29 is 19.4 Å². The SMILES string of the molecule is NC(N)=NCCC[C@H](NC(=O)OCCCCCn1cnc2c(NC3CC3)ncnc21)C(=O)O. The van der Waals surface area contributed by atoms with Crippen LogP contribution in [0.3, 0.4) is 0 Å². The van der Waals surface area contributed by atoms with Crippen molar-refractivity contribution in [1.29, 1.82) is 0 Å². The van der Waals surface area contributed by atoms with Crippen LogP contribution >= 0.6 is 0 Å². The van der Waals surface area contributed by atoms with Gasteiger partial charge in [0.2, 0.25) is 0 Å². The number of carbonyl (C=O) groups is 2. The van der Waals surface area contributed by atoms with Gasteiger partial charge in [-0.05, 0) is 44.9 Å². The third kappa shape index (κ3) is 7.77. The molecule has 0 spiro atoms. The van der Waals surface area contributed by atoms with E-state index in [-0.39, 0.29) is 19.0 Å². The van der Waals surface area contributed by atoms with Gasteiger partial charge in [0.15, 0.2) is 17.4 Å². The highest BCUT2D eigenvalue weighted by molar-refractivity contribution is 5.83. The maximum Gasteiger partial charge on any atom is 0.407 e. The van der Waals surface area contributed by atoms with Gasteiger partial charge in [-0.2, -0.15) is 0 Å². The number of alkyl carbamates (subject to hydrolysis) is 1. The lowest BCUT2D eigenvalue weighted by atomic mass is 10.1. The predicted molar refractivity (Wildman–Crippen MR) is 122 cm³/mol. The number of unbranched alkanes of at least 4 members (excludes halogenated alkanes) is 2. The first-order valence-corrected chi connectivity index (χ1v) is 11.1. The van der Waals surface area contributed by atoms with Crippen LogP contribution in [0.1, 0.15) is 44.9 Å². The summed E-state index contributed by atoms with van der Waals surface area (Å²) in [6.45, 7) is 1.23. The highest BCUT2D eigenvalue weighted by Gasteiger charge is 2.23. The molecule has 0 bridgehead atoms. The molecular weight excluding hydrogens is 430 g/mol. The molecule has 0 saturated heterocycles. The highest BCUT2D eigenvalue weighted by Crippen LogP contribution is 2.26. The number of hydrogen-bond donors (Lipinski definition) is 5. The minimum atomic E-state index is -1.14. The number of carboxylic acid groups (broad SMARTS) is 1. The number of aromatic nitrogens is 4. The first-order chi connectivity index (χ1) is 15.9. The first-order valence-electron chi connectivity index (χ1n) is 11.1. The number of aliphatic imine (C=N–C) groups is 1. The number of amides is 1. The van der Waals surface area contributed by atoms with Gasteiger partial charge in [0.25, 0.3) is 0 Å². The molecule has 1 aliphatic carbocycles. The number of imidazole rings is 1. The molecule has 0 radical (unpaired) electrons. The number of anilines is 1. The Kier molecular flexibility index (Phi) is 8.61. The molecule has 13 nitrogen and oxygen atoms in total. The summed E-state index contributed by atoms with van der Waals surface area (Å²) in [4.78, 5) is 40.0. The summed E-state index contributed by atoms with van der Waals surface area (Å²) in [6, 6.07) is -0.566. The molecule has 2 aromatic heterocycles. The number of rotatable bonds is 14. The number of guanidine groups is 1. The normalized spacial score (nSPS) is 13.9. The second kappa shape index (κ2) is 11.8. The molecule has 2 aromatic rings. The van der Waals surface area contributed by atoms with Crippen LogP contribution in [0.2, 0.25) is 0 Å². The average molecular weight is 462 g/mol. The molecule has 13 heteroatoms. The summed E-state index contributed by atoms with van der Waals surface area (Å²) in [5.41, 5.74) is 12.0. The number of aryl methyl sites for hydroxylation is 1. The van der Waals surface area contributed by atoms with E-state index in [0.29, 0.717) is 25.4 Å². The summed E-state index contributed by atoms with van der Waals surface area (Å²) in [7, 11) is 0. The molecule has 2 heterocycles. The lowest BCUT2D eigenvalue weighted by Crippen LogP contribution is -2.41. The van der Waals surface area contributed by atoms with Crippen LogP contribution in [0, 0.1) is 0 Å². The number of nitrogens with two attached hydrogens (primary N) is 2. The van der Waals surface area contributed by atoms with Gasteiger partial charge >= 0.3 is 12.1 Å². The molecule has 0 unspecified atom stereocenters. The molecule has 1 aliphatic rings. The summed E-state index contributed by atoms with van der Waals surface area (Å²) < 4.78 is 7.09. The van der Waals surface area contributed by atoms with Crippen molar-refractivity contribution in [2.75, 3.05) is 18.5 Å². The van der Waals surface area contributed by atoms with Gasteiger partial charge in [-0.1, -0.05) is 0 Å². The molecule has 33 heavy (non-hydrogen) atoms. The van der Waals surface area contributed by atoms with E-state index in [0.717, 1.165) is 49.2 Å². The van der Waals surface area contributed by atoms with Crippen molar-refractivity contribution in [2.45, 2.75) is 63.6 Å². The molecule has 0 aliphatic heterocycles. The Hall–Kier alpha value is -3.64. The van der Waals surface area contributed by atoms with Crippen LogP contribution in [0.5, 0.6) is 0 Å². The summed E-state index contributed by atoms with van der Waals surface area (Å²) in [5.74, 6) is -0.417. The van der Waals surface area contributed by atoms with Gasteiger partial charge in [-0.3, -0.25) is 4.99 Å². The summed E-state index contributed by atoms with van der Waals surface area (Å²) in [5, 5.41) is 15.0. The number of nitrogens with zero attached hydrogens (tertiary/aromatic N) is 5. The average Bonchev–Trinajstić information content (AvgIpc) is 3.49. The van der Waals surface area contributed by atoms with Crippen molar-refractivity contribution >= 4 is 35.0 Å². The van der Waals surface area contributed by atoms with Crippen LogP contribution in [0.15, 0.2) is 17.6 Å². The largest absolute Gasteiger partial charge is 0.480 e. The Morgan fingerprint density at radius 3 is 2.76 bits per heavy atom. The van der Waals surface area contributed by atoms with Gasteiger partial charge in [0, 0.05) is 19.1 Å². The molecule has 1 fully saturated rings. The number of carbonyl (C=O) groups excluding carboxylic acids is 1. The Morgan fingerprint density at radius 2 is 2.03 bits per heavy atom. The number of nitrogens with one attached hydrogen (secondary N) is 2. The Balaban J connectivity index is 1.33. The molecular formula is C20H31N9O4. The fourth-order valence-corrected chi connectivity index (χ4v) is 3.24. The zero-order valence-corrected chi connectivity index (χ0v) is 18.4. The Morgan fingerprint density at radius 1 is 1.21 bits per heavy atom. The van der Waals surface area contributed by atoms with Crippen LogP contribution in [0.4, 0.5) is 10.6 Å². The molecule has 7 N–H and O–H groups in total. The quantitative estimate of drug-likeness (QED) is 0.152. The topological polar surface area (TPSA) is 196 Å². The maximum absolute atomic E-state index is 11.9. The summed E-state index contributed by atoms with van der Waals surface area (Å²) in [6.07, 6.45) is 7.82. The van der Waals surface area contributed by atoms with E-state index < -0.39 is 18.1 Å². The van der Waals surface area contributed by atoms with Crippen molar-refractivity contribution in [3.05, 3.63) is 12.7 Å². The summed E-state index contributed by atoms with van der Waals surface area (Å²) >= 11 is 0. The number of fused-ring (bicyclic) bond motifs is 1. The third-order valence-electron chi connectivity index (χ3n) is 5.13. The monoisotopic (exact) mass is 461 g/mol. The van der Waals surface area contributed by atoms with Crippen molar-refractivity contribution in [3.8, 4) is 0 Å². The minimum Gasteiger partial charge on any atom is -0.480 e. The van der Waals surface area contributed by atoms with Crippen molar-refractivity contribution in [2.24, 2.45) is 16.5 Å². The number of hydrogen-bond acceptors (Lipinski definition) is 8. The first kappa shape index (κ1) is 24.0. The molecule has 180 valence electrons. The van der Waals surface area contributed by atoms with E-state index in [1.807, 2.05) is 4.57 Å². The second-order valence-electron chi connectivity index (χ2n) is 7.93. The Bertz CT molecular complexity index is 970. The fraction of sp³-hybridized carbons (Fsp3) is 0.600. The lowest BCUT2D eigenvalue weighted by molar-refractivity contribution is -0.139. The molecule has 1 amide bonds. The van der Waals surface area contributed by atoms with Gasteiger partial charge in [0.05, 0.1) is 12.9 Å². The van der Waals surface area contributed by atoms with Gasteiger partial charge in [-0.15, -0.1) is 0 Å². The van der Waals surface area contributed by atoms with E-state index in [1.54, 1.807) is 12.7 Å². The molecule has 3 rings (SSSR count). The van der Waals surface area contributed by atoms with Gasteiger partial charge in [0.1, 0.15) is 17.9 Å². The lowest BCUT2D eigenvalue weighted by Gasteiger charge is -2.14. The van der Waals surface area contributed by atoms with E-state index in [1.165, 1.54) is 0 Å². The van der Waals surface area contributed by atoms with E-state index in [9.17, 15) is 14.7 Å². The molecule has 1 saturated carbocycles. The number of carboxylic acids is 1. The third-order valence-corrected chi connectivity index (χ3v) is 5.13. The zero-order valence-electron chi connectivity index (χ0n) is 18.4. The maximum atomic E-state index is 11.9. The number of ether oxygens (including phenoxy) is 1. The van der Waals surface area contributed by atoms with E-state index >= 15 is 0 Å². The Labute approximate surface area is 191 Å². The second-order valence-corrected chi connectivity index (χ2v) is 7.93. The van der Waals surface area contributed by atoms with Crippen LogP contribution in [-0.4, -0.2) is 67.9 Å². The van der Waals surface area contributed by atoms with Crippen LogP contribution < -0.4 is 22.1 Å². The fourth-order valence-electron chi connectivity index (χ4n) is 3.24. The van der Waals surface area contributed by atoms with Crippen molar-refractivity contribution in [1.82, 2.24) is 24.8 Å². The number of aliphatic carboxylic acids is 1. The zero-order chi connectivity index (χ0) is 23.6. The highest BCUT2D eigenvalue weighted by atomic mass is 16.5. The van der Waals surface area contributed by atoms with Crippen LogP contribution in [0.25, 0.3) is 11.2 Å². The molecule has 0 aromatic carbocycles. The van der Waals surface area contributed by atoms with Crippen LogP contribution in [-0.2, 0) is 16.1 Å². The molecule has 1 atom stereocenters. The van der Waals surface area contributed by atoms with E-state index in [4.69, 9.17) is 16.2 Å².